The van der Waals surface area contributed by atoms with E-state index in [1.165, 1.54) is 0 Å². The maximum Gasteiger partial charge on any atom is 0.265 e. The van der Waals surface area contributed by atoms with Crippen LogP contribution in [0.5, 0.6) is 0 Å². The number of nitrogens with two attached hydrogens (primary N) is 1. The molecule has 0 heterocycles. The van der Waals surface area contributed by atoms with Crippen LogP contribution in [0.3, 0.4) is 0 Å². The Kier molecular flexibility index (Phi) is 3.55. The Balaban J connectivity index is 2.75. The van der Waals surface area contributed by atoms with Crippen LogP contribution in [0.1, 0.15) is 32.6 Å². The molecule has 1 fully saturated rings. The average molecular weight is 221 g/mol. The highest BCUT2D eigenvalue weighted by atomic mass is 32.2. The van der Waals surface area contributed by atoms with E-state index >= 15 is 0 Å². The van der Waals surface area contributed by atoms with Crippen LogP contribution in [0.2, 0.25) is 0 Å². The first-order chi connectivity index (χ1) is 6.37. The molecular formula is C9H19NO3S. The Morgan fingerprint density at radius 2 is 2.21 bits per heavy atom. The minimum Gasteiger partial charge on any atom is -0.330 e. The molecule has 84 valence electrons. The molecule has 0 unspecified atom stereocenters. The minimum atomic E-state index is -3.90. The summed E-state index contributed by atoms with van der Waals surface area (Å²) in [4.78, 5) is 0. The molecule has 1 aliphatic carbocycles. The Morgan fingerprint density at radius 1 is 1.57 bits per heavy atom. The predicted molar refractivity (Wildman–Crippen MR) is 55.5 cm³/mol. The van der Waals surface area contributed by atoms with Gasteiger partial charge in [-0.25, -0.2) is 0 Å². The van der Waals surface area contributed by atoms with E-state index in [0.29, 0.717) is 12.5 Å². The third kappa shape index (κ3) is 3.22. The molecule has 0 aliphatic heterocycles. The maximum absolute atomic E-state index is 10.9. The Morgan fingerprint density at radius 3 is 2.64 bits per heavy atom. The maximum atomic E-state index is 10.9. The molecule has 0 amide bonds. The van der Waals surface area contributed by atoms with Crippen molar-refractivity contribution in [2.45, 2.75) is 32.6 Å². The van der Waals surface area contributed by atoms with Gasteiger partial charge in [-0.05, 0) is 30.7 Å². The van der Waals surface area contributed by atoms with Crippen molar-refractivity contribution in [2.24, 2.45) is 17.1 Å². The molecular weight excluding hydrogens is 202 g/mol. The normalized spacial score (nSPS) is 34.4. The van der Waals surface area contributed by atoms with Crippen LogP contribution >= 0.6 is 0 Å². The Hall–Kier alpha value is -0.130. The van der Waals surface area contributed by atoms with Gasteiger partial charge in [0.25, 0.3) is 10.1 Å². The van der Waals surface area contributed by atoms with Crippen molar-refractivity contribution in [2.75, 3.05) is 12.3 Å². The van der Waals surface area contributed by atoms with Gasteiger partial charge in [0.15, 0.2) is 0 Å². The highest BCUT2D eigenvalue weighted by Gasteiger charge is 2.37. The van der Waals surface area contributed by atoms with Crippen LogP contribution in [0.4, 0.5) is 0 Å². The summed E-state index contributed by atoms with van der Waals surface area (Å²) in [7, 11) is -3.90. The highest BCUT2D eigenvalue weighted by molar-refractivity contribution is 7.85. The molecule has 0 radical (unpaired) electrons. The van der Waals surface area contributed by atoms with Gasteiger partial charge in [0.2, 0.25) is 0 Å². The van der Waals surface area contributed by atoms with E-state index in [0.717, 1.165) is 25.7 Å². The second kappa shape index (κ2) is 4.16. The SMILES string of the molecule is C[C@@H]1CCC[C@@](CN)(CS(=O)(=O)O)C1. The van der Waals surface area contributed by atoms with E-state index in [-0.39, 0.29) is 11.2 Å². The van der Waals surface area contributed by atoms with Crippen molar-refractivity contribution < 1.29 is 13.0 Å². The van der Waals surface area contributed by atoms with Crippen molar-refractivity contribution >= 4 is 10.1 Å². The highest BCUT2D eigenvalue weighted by Crippen LogP contribution is 2.39. The summed E-state index contributed by atoms with van der Waals surface area (Å²) in [5.74, 6) is 0.329. The van der Waals surface area contributed by atoms with Crippen LogP contribution in [0.25, 0.3) is 0 Å². The molecule has 0 bridgehead atoms. The third-order valence-electron chi connectivity index (χ3n) is 3.11. The van der Waals surface area contributed by atoms with Gasteiger partial charge in [0.05, 0.1) is 5.75 Å². The molecule has 0 spiro atoms. The van der Waals surface area contributed by atoms with Crippen LogP contribution in [-0.2, 0) is 10.1 Å². The van der Waals surface area contributed by atoms with Crippen molar-refractivity contribution in [1.29, 1.82) is 0 Å². The molecule has 1 aliphatic rings. The standard InChI is InChI=1S/C9H19NO3S/c1-8-3-2-4-9(5-8,6-10)7-14(11,12)13/h8H,2-7,10H2,1H3,(H,11,12,13)/t8-,9-/m1/s1. The molecule has 14 heavy (non-hydrogen) atoms. The molecule has 4 nitrogen and oxygen atoms in total. The lowest BCUT2D eigenvalue weighted by Crippen LogP contribution is -2.41. The quantitative estimate of drug-likeness (QED) is 0.697. The summed E-state index contributed by atoms with van der Waals surface area (Å²) in [6, 6.07) is 0. The van der Waals surface area contributed by atoms with E-state index in [9.17, 15) is 8.42 Å². The van der Waals surface area contributed by atoms with E-state index < -0.39 is 10.1 Å². The van der Waals surface area contributed by atoms with Crippen molar-refractivity contribution in [3.63, 3.8) is 0 Å². The summed E-state index contributed by atoms with van der Waals surface area (Å²) >= 11 is 0. The fourth-order valence-electron chi connectivity index (χ4n) is 2.53. The molecule has 0 aromatic rings. The first-order valence-corrected chi connectivity index (χ1v) is 6.63. The Labute approximate surface area is 85.6 Å². The van der Waals surface area contributed by atoms with Crippen molar-refractivity contribution in [1.82, 2.24) is 0 Å². The van der Waals surface area contributed by atoms with Gasteiger partial charge in [0.1, 0.15) is 0 Å². The van der Waals surface area contributed by atoms with Gasteiger partial charge in [-0.15, -0.1) is 0 Å². The summed E-state index contributed by atoms with van der Waals surface area (Å²) in [6.07, 6.45) is 3.76. The number of hydrogen-bond acceptors (Lipinski definition) is 3. The predicted octanol–water partition coefficient (Wildman–Crippen LogP) is 1.03. The van der Waals surface area contributed by atoms with E-state index in [1.807, 2.05) is 0 Å². The molecule has 0 aromatic carbocycles. The van der Waals surface area contributed by atoms with E-state index in [1.54, 1.807) is 0 Å². The van der Waals surface area contributed by atoms with Crippen molar-refractivity contribution in [3.8, 4) is 0 Å². The fraction of sp³-hybridized carbons (Fsp3) is 1.00. The van der Waals surface area contributed by atoms with Gasteiger partial charge in [-0.1, -0.05) is 19.8 Å². The van der Waals surface area contributed by atoms with Gasteiger partial charge < -0.3 is 5.73 Å². The molecule has 0 aromatic heterocycles. The van der Waals surface area contributed by atoms with Crippen LogP contribution < -0.4 is 5.73 Å². The first-order valence-electron chi connectivity index (χ1n) is 5.02. The molecule has 1 saturated carbocycles. The average Bonchev–Trinajstić information content (AvgIpc) is 2.01. The lowest BCUT2D eigenvalue weighted by atomic mass is 9.71. The zero-order valence-electron chi connectivity index (χ0n) is 8.57. The summed E-state index contributed by atoms with van der Waals surface area (Å²) in [6.45, 7) is 2.45. The number of rotatable bonds is 3. The molecule has 1 rings (SSSR count). The van der Waals surface area contributed by atoms with Crippen LogP contribution in [-0.4, -0.2) is 25.3 Å². The first kappa shape index (κ1) is 11.9. The van der Waals surface area contributed by atoms with Gasteiger partial charge in [-0.3, -0.25) is 4.55 Å². The zero-order valence-corrected chi connectivity index (χ0v) is 9.39. The van der Waals surface area contributed by atoms with Crippen LogP contribution in [0, 0.1) is 11.3 Å². The van der Waals surface area contributed by atoms with E-state index in [4.69, 9.17) is 10.3 Å². The second-order valence-corrected chi connectivity index (χ2v) is 6.08. The van der Waals surface area contributed by atoms with Gasteiger partial charge >= 0.3 is 0 Å². The Bertz CT molecular complexity index is 288. The monoisotopic (exact) mass is 221 g/mol. The van der Waals surface area contributed by atoms with Crippen molar-refractivity contribution in [3.05, 3.63) is 0 Å². The molecule has 5 heteroatoms. The molecule has 3 N–H and O–H groups in total. The summed E-state index contributed by atoms with van der Waals surface area (Å²) in [5.41, 5.74) is 5.25. The summed E-state index contributed by atoms with van der Waals surface area (Å²) < 4.78 is 30.6. The second-order valence-electron chi connectivity index (χ2n) is 4.63. The van der Waals surface area contributed by atoms with Gasteiger partial charge in [0, 0.05) is 0 Å². The fourth-order valence-corrected chi connectivity index (χ4v) is 3.69. The lowest BCUT2D eigenvalue weighted by Gasteiger charge is -2.38. The lowest BCUT2D eigenvalue weighted by molar-refractivity contribution is 0.177. The van der Waals surface area contributed by atoms with Gasteiger partial charge in [-0.2, -0.15) is 8.42 Å². The minimum absolute atomic E-state index is 0.180. The largest absolute Gasteiger partial charge is 0.330 e. The summed E-state index contributed by atoms with van der Waals surface area (Å²) in [5, 5.41) is 0. The smallest absolute Gasteiger partial charge is 0.265 e. The van der Waals surface area contributed by atoms with E-state index in [2.05, 4.69) is 6.92 Å². The topological polar surface area (TPSA) is 80.4 Å². The zero-order chi connectivity index (χ0) is 10.8. The van der Waals surface area contributed by atoms with Crippen LogP contribution in [0.15, 0.2) is 0 Å². The third-order valence-corrected chi connectivity index (χ3v) is 4.08. The molecule has 2 atom stereocenters. The number of hydrogen-bond donors (Lipinski definition) is 2. The molecule has 0 saturated heterocycles.